The summed E-state index contributed by atoms with van der Waals surface area (Å²) in [5.41, 5.74) is 0.516. The van der Waals surface area contributed by atoms with E-state index in [0.717, 1.165) is 50.8 Å². The van der Waals surface area contributed by atoms with Crippen LogP contribution in [-0.2, 0) is 12.0 Å². The number of fused-ring (bicyclic) bond motifs is 4. The first-order valence-electron chi connectivity index (χ1n) is 13.5. The van der Waals surface area contributed by atoms with Gasteiger partial charge in [0.15, 0.2) is 16.9 Å². The number of aromatic amines is 1. The molecule has 12 heteroatoms. The van der Waals surface area contributed by atoms with Gasteiger partial charge in [-0.15, -0.1) is 0 Å². The number of imidazole rings is 1. The summed E-state index contributed by atoms with van der Waals surface area (Å²) in [6.45, 7) is 3.29. The average Bonchev–Trinajstić information content (AvgIpc) is 3.59. The van der Waals surface area contributed by atoms with Gasteiger partial charge in [-0.25, -0.2) is 9.78 Å². The number of rotatable bonds is 10. The maximum Gasteiger partial charge on any atom is 0.355 e. The van der Waals surface area contributed by atoms with Crippen molar-refractivity contribution in [1.29, 1.82) is 0 Å². The zero-order valence-corrected chi connectivity index (χ0v) is 23.3. The lowest BCUT2D eigenvalue weighted by atomic mass is 9.53. The summed E-state index contributed by atoms with van der Waals surface area (Å²) in [6.07, 6.45) is 6.57. The number of hydrogen-bond donors (Lipinski definition) is 2. The molecule has 0 unspecified atom stereocenters. The second-order valence-corrected chi connectivity index (χ2v) is 11.6. The van der Waals surface area contributed by atoms with Crippen molar-refractivity contribution in [2.24, 2.45) is 5.41 Å². The maximum atomic E-state index is 13.3. The third-order valence-corrected chi connectivity index (χ3v) is 9.13. The third kappa shape index (κ3) is 4.70. The van der Waals surface area contributed by atoms with E-state index in [9.17, 15) is 9.59 Å². The van der Waals surface area contributed by atoms with Crippen LogP contribution in [0.1, 0.15) is 68.2 Å². The molecule has 0 saturated heterocycles. The van der Waals surface area contributed by atoms with E-state index < -0.39 is 5.97 Å². The standard InChI is InChI=1S/C28H31N5O6S/c1-3-13-33-20-21(31-25(32-22(20)34)39-18-6-4-5-17(14-18)37-2)30-24(33)28-10-7-27(8-11-28,9-12-28)16-38-26-29-19(15-40-26)23(35)36/h4-6,14-15H,3,7-13,16H2,1-2H3,(H,35,36)(H,31,32,34). The Morgan fingerprint density at radius 1 is 1.12 bits per heavy atom. The second kappa shape index (κ2) is 10.2. The number of methoxy groups -OCH3 is 1. The molecule has 1 aromatic carbocycles. The Labute approximate surface area is 234 Å². The number of aryl methyl sites for hydroxylation is 1. The van der Waals surface area contributed by atoms with Gasteiger partial charge in [0, 0.05) is 28.8 Å². The Kier molecular flexibility index (Phi) is 6.73. The summed E-state index contributed by atoms with van der Waals surface area (Å²) in [6, 6.07) is 7.20. The molecule has 0 spiro atoms. The molecular weight excluding hydrogens is 534 g/mol. The lowest BCUT2D eigenvalue weighted by Gasteiger charge is -2.52. The molecule has 0 radical (unpaired) electrons. The van der Waals surface area contributed by atoms with Crippen molar-refractivity contribution in [3.05, 3.63) is 51.5 Å². The van der Waals surface area contributed by atoms with Crippen LogP contribution in [0.5, 0.6) is 22.7 Å². The van der Waals surface area contributed by atoms with Crippen molar-refractivity contribution >= 4 is 28.5 Å². The summed E-state index contributed by atoms with van der Waals surface area (Å²) >= 11 is 1.22. The number of carboxylic acid groups (broad SMARTS) is 1. The van der Waals surface area contributed by atoms with E-state index >= 15 is 0 Å². The first-order chi connectivity index (χ1) is 19.3. The van der Waals surface area contributed by atoms with Gasteiger partial charge in [-0.1, -0.05) is 24.3 Å². The molecule has 2 N–H and O–H groups in total. The molecule has 7 rings (SSSR count). The summed E-state index contributed by atoms with van der Waals surface area (Å²) in [4.78, 5) is 40.9. The van der Waals surface area contributed by atoms with Gasteiger partial charge >= 0.3 is 12.0 Å². The fraction of sp³-hybridized carbons (Fsp3) is 0.464. The highest BCUT2D eigenvalue weighted by Gasteiger charge is 2.52. The Morgan fingerprint density at radius 2 is 1.88 bits per heavy atom. The van der Waals surface area contributed by atoms with Crippen LogP contribution in [0.4, 0.5) is 0 Å². The molecule has 4 aromatic rings. The number of aromatic carboxylic acids is 1. The zero-order valence-electron chi connectivity index (χ0n) is 22.4. The number of H-pyrrole nitrogens is 1. The molecule has 0 atom stereocenters. The quantitative estimate of drug-likeness (QED) is 0.267. The largest absolute Gasteiger partial charge is 0.497 e. The van der Waals surface area contributed by atoms with Gasteiger partial charge in [0.25, 0.3) is 10.8 Å². The minimum atomic E-state index is -1.05. The fourth-order valence-corrected chi connectivity index (χ4v) is 6.79. The number of carbonyl (C=O) groups is 1. The summed E-state index contributed by atoms with van der Waals surface area (Å²) in [5, 5.41) is 11.0. The van der Waals surface area contributed by atoms with Crippen LogP contribution in [0.2, 0.25) is 0 Å². The molecule has 3 saturated carbocycles. The van der Waals surface area contributed by atoms with E-state index in [4.69, 9.17) is 24.3 Å². The van der Waals surface area contributed by atoms with E-state index in [2.05, 4.69) is 26.4 Å². The number of ether oxygens (including phenoxy) is 3. The second-order valence-electron chi connectivity index (χ2n) is 10.8. The van der Waals surface area contributed by atoms with Crippen LogP contribution >= 0.6 is 11.3 Å². The van der Waals surface area contributed by atoms with Gasteiger partial charge in [-0.2, -0.15) is 9.97 Å². The molecule has 40 heavy (non-hydrogen) atoms. The molecule has 0 aliphatic heterocycles. The predicted molar refractivity (Wildman–Crippen MR) is 148 cm³/mol. The van der Waals surface area contributed by atoms with Crippen LogP contribution in [0.25, 0.3) is 11.2 Å². The van der Waals surface area contributed by atoms with Crippen molar-refractivity contribution in [2.75, 3.05) is 13.7 Å². The van der Waals surface area contributed by atoms with Gasteiger partial charge < -0.3 is 23.9 Å². The summed E-state index contributed by atoms with van der Waals surface area (Å²) < 4.78 is 19.2. The smallest absolute Gasteiger partial charge is 0.355 e. The first-order valence-corrected chi connectivity index (χ1v) is 14.4. The Bertz CT molecular complexity index is 1600. The molecule has 3 aliphatic rings. The van der Waals surface area contributed by atoms with E-state index in [1.807, 2.05) is 6.07 Å². The number of benzene rings is 1. The highest BCUT2D eigenvalue weighted by Crippen LogP contribution is 2.57. The first kappa shape index (κ1) is 26.3. The number of hydrogen-bond acceptors (Lipinski definition) is 9. The number of thiazole rings is 1. The number of nitrogens with zero attached hydrogens (tertiary/aromatic N) is 4. The van der Waals surface area contributed by atoms with Gasteiger partial charge in [0.05, 0.1) is 13.7 Å². The average molecular weight is 566 g/mol. The minimum absolute atomic E-state index is 0.0132. The molecule has 2 bridgehead atoms. The minimum Gasteiger partial charge on any atom is -0.497 e. The van der Waals surface area contributed by atoms with Crippen molar-refractivity contribution in [2.45, 2.75) is 63.8 Å². The van der Waals surface area contributed by atoms with Gasteiger partial charge in [0.2, 0.25) is 0 Å². The third-order valence-electron chi connectivity index (χ3n) is 8.38. The molecular formula is C28H31N5O6S. The normalized spacial score (nSPS) is 21.9. The van der Waals surface area contributed by atoms with Crippen LogP contribution in [0.3, 0.4) is 0 Å². The van der Waals surface area contributed by atoms with Crippen LogP contribution in [0, 0.1) is 5.41 Å². The monoisotopic (exact) mass is 565 g/mol. The molecule has 0 amide bonds. The molecule has 3 heterocycles. The summed E-state index contributed by atoms with van der Waals surface area (Å²) in [7, 11) is 1.58. The van der Waals surface area contributed by atoms with Crippen molar-refractivity contribution in [1.82, 2.24) is 24.5 Å². The molecule has 210 valence electrons. The van der Waals surface area contributed by atoms with E-state index in [1.165, 1.54) is 16.7 Å². The number of carboxylic acids is 1. The molecule has 3 aliphatic carbocycles. The van der Waals surface area contributed by atoms with Gasteiger partial charge in [-0.05, 0) is 57.1 Å². The molecule has 3 aromatic heterocycles. The zero-order chi connectivity index (χ0) is 27.9. The van der Waals surface area contributed by atoms with E-state index in [1.54, 1.807) is 25.3 Å². The van der Waals surface area contributed by atoms with Gasteiger partial charge in [-0.3, -0.25) is 9.78 Å². The maximum absolute atomic E-state index is 13.3. The molecule has 3 fully saturated rings. The highest BCUT2D eigenvalue weighted by molar-refractivity contribution is 7.11. The number of aromatic nitrogens is 5. The number of nitrogens with one attached hydrogen (secondary N) is 1. The lowest BCUT2D eigenvalue weighted by molar-refractivity contribution is -0.00295. The molecule has 11 nitrogen and oxygen atoms in total. The predicted octanol–water partition coefficient (Wildman–Crippen LogP) is 5.16. The van der Waals surface area contributed by atoms with Crippen molar-refractivity contribution in [3.8, 4) is 22.7 Å². The van der Waals surface area contributed by atoms with Crippen LogP contribution in [-0.4, -0.2) is 49.3 Å². The highest BCUT2D eigenvalue weighted by atomic mass is 32.1. The summed E-state index contributed by atoms with van der Waals surface area (Å²) in [5.74, 6) is 1.03. The van der Waals surface area contributed by atoms with Crippen LogP contribution in [0.15, 0.2) is 34.4 Å². The van der Waals surface area contributed by atoms with Crippen molar-refractivity contribution in [3.63, 3.8) is 0 Å². The Hall–Kier alpha value is -3.93. The van der Waals surface area contributed by atoms with E-state index in [0.29, 0.717) is 41.0 Å². The fourth-order valence-electron chi connectivity index (χ4n) is 6.15. The van der Waals surface area contributed by atoms with Crippen molar-refractivity contribution < 1.29 is 24.1 Å². The van der Waals surface area contributed by atoms with E-state index in [-0.39, 0.29) is 28.1 Å². The SMILES string of the molecule is CCCn1c(C23CCC(COc4nc(C(=O)O)cs4)(CC2)CC3)nc2nc(Oc3cccc(OC)c3)[nH]c(=O)c21. The van der Waals surface area contributed by atoms with Gasteiger partial charge in [0.1, 0.15) is 17.3 Å². The lowest BCUT2D eigenvalue weighted by Crippen LogP contribution is -2.48. The van der Waals surface area contributed by atoms with Crippen LogP contribution < -0.4 is 19.8 Å². The Morgan fingerprint density at radius 3 is 2.55 bits per heavy atom. The Balaban J connectivity index is 1.25. The topological polar surface area (TPSA) is 141 Å².